The van der Waals surface area contributed by atoms with Crippen molar-refractivity contribution in [1.82, 2.24) is 5.32 Å². The Kier molecular flexibility index (Phi) is 5.34. The van der Waals surface area contributed by atoms with Gasteiger partial charge in [-0.05, 0) is 29.6 Å². The molecular formula is C15H11ClFNO2S. The van der Waals surface area contributed by atoms with E-state index in [1.807, 2.05) is 5.38 Å². The lowest BCUT2D eigenvalue weighted by atomic mass is 10.2. The summed E-state index contributed by atoms with van der Waals surface area (Å²) in [4.78, 5) is 12.8. The molecule has 0 radical (unpaired) electrons. The highest BCUT2D eigenvalue weighted by Crippen LogP contribution is 2.17. The van der Waals surface area contributed by atoms with E-state index in [1.54, 1.807) is 6.07 Å². The minimum Gasteiger partial charge on any atom is -0.384 e. The van der Waals surface area contributed by atoms with E-state index in [2.05, 4.69) is 17.2 Å². The zero-order valence-corrected chi connectivity index (χ0v) is 12.4. The van der Waals surface area contributed by atoms with Gasteiger partial charge < -0.3 is 10.4 Å². The molecule has 0 unspecified atom stereocenters. The molecule has 0 aliphatic carbocycles. The molecule has 1 aromatic carbocycles. The van der Waals surface area contributed by atoms with E-state index in [9.17, 15) is 9.18 Å². The molecule has 3 nitrogen and oxygen atoms in total. The first-order valence-corrected chi connectivity index (χ1v) is 7.27. The van der Waals surface area contributed by atoms with E-state index in [0.717, 1.165) is 16.5 Å². The van der Waals surface area contributed by atoms with Crippen LogP contribution in [0, 0.1) is 17.7 Å². The van der Waals surface area contributed by atoms with E-state index in [-0.39, 0.29) is 23.7 Å². The van der Waals surface area contributed by atoms with Crippen molar-refractivity contribution in [3.63, 3.8) is 0 Å². The number of nitrogens with one attached hydrogen (secondary N) is 1. The Hall–Kier alpha value is -1.87. The summed E-state index contributed by atoms with van der Waals surface area (Å²) < 4.78 is 13.6. The lowest BCUT2D eigenvalue weighted by Crippen LogP contribution is -2.23. The first-order chi connectivity index (χ1) is 10.1. The highest BCUT2D eigenvalue weighted by molar-refractivity contribution is 7.10. The number of amides is 1. The van der Waals surface area contributed by atoms with E-state index < -0.39 is 11.7 Å². The first kappa shape index (κ1) is 15.5. The molecule has 6 heteroatoms. The number of aliphatic hydroxyl groups is 1. The highest BCUT2D eigenvalue weighted by Gasteiger charge is 2.12. The second kappa shape index (κ2) is 7.23. The van der Waals surface area contributed by atoms with Crippen LogP contribution in [0.1, 0.15) is 20.8 Å². The van der Waals surface area contributed by atoms with Gasteiger partial charge in [0.1, 0.15) is 12.4 Å². The third-order valence-electron chi connectivity index (χ3n) is 2.63. The standard InChI is InChI=1S/C15H11ClFNO2S/c16-11-3-4-12(13(17)8-11)15(20)18-9-14-10(2-1-6-19)5-7-21-14/h3-5,7-8,19H,6,9H2,(H,18,20). The fourth-order valence-corrected chi connectivity index (χ4v) is 2.58. The number of hydrogen-bond acceptors (Lipinski definition) is 3. The summed E-state index contributed by atoms with van der Waals surface area (Å²) in [6.45, 7) is 0.0195. The van der Waals surface area contributed by atoms with Gasteiger partial charge >= 0.3 is 0 Å². The molecule has 0 saturated carbocycles. The molecule has 1 amide bonds. The molecule has 2 N–H and O–H groups in total. The van der Waals surface area contributed by atoms with Crippen LogP contribution in [-0.4, -0.2) is 17.6 Å². The summed E-state index contributed by atoms with van der Waals surface area (Å²) in [6, 6.07) is 5.70. The summed E-state index contributed by atoms with van der Waals surface area (Å²) >= 11 is 7.07. The molecule has 0 atom stereocenters. The molecule has 1 heterocycles. The summed E-state index contributed by atoms with van der Waals surface area (Å²) in [5.41, 5.74) is 0.685. The molecule has 21 heavy (non-hydrogen) atoms. The van der Waals surface area contributed by atoms with Gasteiger partial charge in [0, 0.05) is 15.5 Å². The van der Waals surface area contributed by atoms with Crippen LogP contribution in [0.15, 0.2) is 29.6 Å². The Balaban J connectivity index is 2.06. The van der Waals surface area contributed by atoms with Gasteiger partial charge in [0.2, 0.25) is 0 Å². The van der Waals surface area contributed by atoms with Crippen molar-refractivity contribution in [2.75, 3.05) is 6.61 Å². The molecule has 108 valence electrons. The normalized spacial score (nSPS) is 9.86. The topological polar surface area (TPSA) is 49.3 Å². The molecule has 0 saturated heterocycles. The zero-order valence-electron chi connectivity index (χ0n) is 10.8. The van der Waals surface area contributed by atoms with Gasteiger partial charge in [0.25, 0.3) is 5.91 Å². The van der Waals surface area contributed by atoms with E-state index in [4.69, 9.17) is 16.7 Å². The Labute approximate surface area is 130 Å². The van der Waals surface area contributed by atoms with Crippen LogP contribution >= 0.6 is 22.9 Å². The predicted octanol–water partition coefficient (Wildman–Crippen LogP) is 2.81. The highest BCUT2D eigenvalue weighted by atomic mass is 35.5. The third kappa shape index (κ3) is 4.05. The molecule has 0 aliphatic rings. The number of rotatable bonds is 3. The summed E-state index contributed by atoms with van der Waals surface area (Å²) in [6.07, 6.45) is 0. The molecule has 0 fully saturated rings. The first-order valence-electron chi connectivity index (χ1n) is 6.01. The predicted molar refractivity (Wildman–Crippen MR) is 80.9 cm³/mol. The van der Waals surface area contributed by atoms with Crippen LogP contribution in [0.5, 0.6) is 0 Å². The minimum atomic E-state index is -0.661. The largest absolute Gasteiger partial charge is 0.384 e. The molecule has 2 rings (SSSR count). The van der Waals surface area contributed by atoms with Gasteiger partial charge in [-0.2, -0.15) is 0 Å². The molecule has 0 spiro atoms. The number of halogens is 2. The number of benzene rings is 1. The van der Waals surface area contributed by atoms with Crippen LogP contribution in [0.2, 0.25) is 5.02 Å². The minimum absolute atomic E-state index is 0.0565. The monoisotopic (exact) mass is 323 g/mol. The van der Waals surface area contributed by atoms with Crippen molar-refractivity contribution in [2.24, 2.45) is 0 Å². The van der Waals surface area contributed by atoms with Crippen LogP contribution < -0.4 is 5.32 Å². The Bertz CT molecular complexity index is 718. The van der Waals surface area contributed by atoms with E-state index in [1.165, 1.54) is 23.5 Å². The van der Waals surface area contributed by atoms with Crippen LogP contribution in [0.4, 0.5) is 4.39 Å². The van der Waals surface area contributed by atoms with Gasteiger partial charge in [-0.15, -0.1) is 11.3 Å². The molecule has 2 aromatic rings. The Morgan fingerprint density at radius 1 is 1.43 bits per heavy atom. The Morgan fingerprint density at radius 3 is 2.95 bits per heavy atom. The lowest BCUT2D eigenvalue weighted by Gasteiger charge is -2.05. The smallest absolute Gasteiger partial charge is 0.254 e. The maximum absolute atomic E-state index is 13.6. The van der Waals surface area contributed by atoms with Crippen LogP contribution in [0.3, 0.4) is 0 Å². The van der Waals surface area contributed by atoms with Gasteiger partial charge in [0.15, 0.2) is 0 Å². The summed E-state index contributed by atoms with van der Waals surface area (Å²) in [5, 5.41) is 13.4. The average molecular weight is 324 g/mol. The van der Waals surface area contributed by atoms with E-state index >= 15 is 0 Å². The SMILES string of the molecule is O=C(NCc1sccc1C#CCO)c1ccc(Cl)cc1F. The number of thiophene rings is 1. The number of hydrogen-bond donors (Lipinski definition) is 2. The number of carbonyl (C=O) groups is 1. The van der Waals surface area contributed by atoms with Crippen molar-refractivity contribution in [2.45, 2.75) is 6.54 Å². The van der Waals surface area contributed by atoms with Crippen molar-refractivity contribution >= 4 is 28.8 Å². The van der Waals surface area contributed by atoms with Gasteiger partial charge in [-0.1, -0.05) is 23.4 Å². The summed E-state index contributed by atoms with van der Waals surface area (Å²) in [5.74, 6) is 4.17. The van der Waals surface area contributed by atoms with Crippen molar-refractivity contribution in [3.05, 3.63) is 56.5 Å². The summed E-state index contributed by atoms with van der Waals surface area (Å²) in [7, 11) is 0. The van der Waals surface area contributed by atoms with Crippen LogP contribution in [-0.2, 0) is 6.54 Å². The molecule has 0 aliphatic heterocycles. The van der Waals surface area contributed by atoms with Gasteiger partial charge in [0.05, 0.1) is 12.1 Å². The fourth-order valence-electron chi connectivity index (χ4n) is 1.65. The quantitative estimate of drug-likeness (QED) is 0.853. The van der Waals surface area contributed by atoms with Crippen molar-refractivity contribution in [1.29, 1.82) is 0 Å². The maximum atomic E-state index is 13.6. The second-order valence-corrected chi connectivity index (χ2v) is 5.46. The van der Waals surface area contributed by atoms with E-state index in [0.29, 0.717) is 0 Å². The van der Waals surface area contributed by atoms with Gasteiger partial charge in [-0.3, -0.25) is 4.79 Å². The van der Waals surface area contributed by atoms with Crippen molar-refractivity contribution in [3.8, 4) is 11.8 Å². The van der Waals surface area contributed by atoms with Crippen LogP contribution in [0.25, 0.3) is 0 Å². The zero-order chi connectivity index (χ0) is 15.2. The number of aliphatic hydroxyl groups excluding tert-OH is 1. The third-order valence-corrected chi connectivity index (χ3v) is 3.79. The Morgan fingerprint density at radius 2 is 2.24 bits per heavy atom. The van der Waals surface area contributed by atoms with Crippen molar-refractivity contribution < 1.29 is 14.3 Å². The molecular weight excluding hydrogens is 313 g/mol. The second-order valence-electron chi connectivity index (χ2n) is 4.02. The maximum Gasteiger partial charge on any atom is 0.254 e. The molecule has 1 aromatic heterocycles. The molecule has 0 bridgehead atoms. The lowest BCUT2D eigenvalue weighted by molar-refractivity contribution is 0.0947. The fraction of sp³-hybridized carbons (Fsp3) is 0.133. The average Bonchev–Trinajstić information content (AvgIpc) is 2.90. The number of carbonyl (C=O) groups excluding carboxylic acids is 1. The van der Waals surface area contributed by atoms with Gasteiger partial charge in [-0.25, -0.2) is 4.39 Å².